The molecule has 0 fully saturated rings. The molecule has 16 heavy (non-hydrogen) atoms. The first kappa shape index (κ1) is 10.9. The largest absolute Gasteiger partial charge is 0.294 e. The predicted molar refractivity (Wildman–Crippen MR) is 63.3 cm³/mol. The van der Waals surface area contributed by atoms with Crippen LogP contribution in [0.1, 0.15) is 29.0 Å². The standard InChI is InChI=1S/C12H10ClNO2/c1-7(15)9-6-14(8(2)16)11-5-3-4-10(13)12(9)11/h3-6H,1-2H3. The molecule has 3 nitrogen and oxygen atoms in total. The predicted octanol–water partition coefficient (Wildman–Crippen LogP) is 3.16. The summed E-state index contributed by atoms with van der Waals surface area (Å²) in [4.78, 5) is 22.9. The number of fused-ring (bicyclic) bond motifs is 1. The van der Waals surface area contributed by atoms with Gasteiger partial charge in [0, 0.05) is 24.1 Å². The number of benzene rings is 1. The average molecular weight is 236 g/mol. The molecule has 0 saturated heterocycles. The molecule has 0 radical (unpaired) electrons. The van der Waals surface area contributed by atoms with Crippen molar-refractivity contribution in [1.82, 2.24) is 4.57 Å². The summed E-state index contributed by atoms with van der Waals surface area (Å²) in [7, 11) is 0. The van der Waals surface area contributed by atoms with Crippen LogP contribution in [0.25, 0.3) is 10.9 Å². The molecule has 0 saturated carbocycles. The summed E-state index contributed by atoms with van der Waals surface area (Å²) in [5, 5.41) is 1.13. The van der Waals surface area contributed by atoms with Crippen molar-refractivity contribution in [2.24, 2.45) is 0 Å². The minimum atomic E-state index is -0.139. The van der Waals surface area contributed by atoms with Crippen LogP contribution >= 0.6 is 11.6 Å². The van der Waals surface area contributed by atoms with Gasteiger partial charge < -0.3 is 0 Å². The molecule has 0 aliphatic heterocycles. The Balaban J connectivity index is 2.93. The third kappa shape index (κ3) is 1.53. The fourth-order valence-corrected chi connectivity index (χ4v) is 2.04. The lowest BCUT2D eigenvalue weighted by atomic mass is 10.1. The number of aromatic nitrogens is 1. The number of nitrogens with zero attached hydrogens (tertiary/aromatic N) is 1. The number of Topliss-reactive ketones (excluding diaryl/α,β-unsaturated/α-hetero) is 1. The summed E-state index contributed by atoms with van der Waals surface area (Å²) in [6.07, 6.45) is 1.54. The van der Waals surface area contributed by atoms with Gasteiger partial charge in [-0.2, -0.15) is 0 Å². The summed E-state index contributed by atoms with van der Waals surface area (Å²) in [6.45, 7) is 2.91. The van der Waals surface area contributed by atoms with Crippen LogP contribution in [0.15, 0.2) is 24.4 Å². The molecule has 2 aromatic rings. The third-order valence-electron chi connectivity index (χ3n) is 2.50. The molecule has 0 amide bonds. The van der Waals surface area contributed by atoms with Gasteiger partial charge in [0.25, 0.3) is 0 Å². The van der Waals surface area contributed by atoms with Crippen molar-refractivity contribution in [3.63, 3.8) is 0 Å². The third-order valence-corrected chi connectivity index (χ3v) is 2.81. The molecule has 4 heteroatoms. The molecule has 0 aliphatic rings. The second-order valence-electron chi connectivity index (χ2n) is 3.62. The second kappa shape index (κ2) is 3.76. The molecular formula is C12H10ClNO2. The van der Waals surface area contributed by atoms with Gasteiger partial charge in [0.1, 0.15) is 0 Å². The van der Waals surface area contributed by atoms with Gasteiger partial charge in [-0.05, 0) is 19.1 Å². The first-order chi connectivity index (χ1) is 7.52. The van der Waals surface area contributed by atoms with Crippen LogP contribution in [0.3, 0.4) is 0 Å². The Morgan fingerprint density at radius 1 is 1.25 bits per heavy atom. The summed E-state index contributed by atoms with van der Waals surface area (Å²) in [6, 6.07) is 5.24. The van der Waals surface area contributed by atoms with Crippen LogP contribution in [-0.2, 0) is 0 Å². The molecule has 0 atom stereocenters. The van der Waals surface area contributed by atoms with Crippen LogP contribution < -0.4 is 0 Å². The lowest BCUT2D eigenvalue weighted by molar-refractivity contribution is 0.0941. The number of carbonyl (C=O) groups is 2. The van der Waals surface area contributed by atoms with Crippen molar-refractivity contribution in [3.05, 3.63) is 35.0 Å². The van der Waals surface area contributed by atoms with Gasteiger partial charge in [0.05, 0.1) is 10.5 Å². The molecule has 1 aromatic heterocycles. The highest BCUT2D eigenvalue weighted by molar-refractivity contribution is 6.37. The average Bonchev–Trinajstić information content (AvgIpc) is 2.58. The second-order valence-corrected chi connectivity index (χ2v) is 4.03. The van der Waals surface area contributed by atoms with Gasteiger partial charge in [0.2, 0.25) is 5.91 Å². The topological polar surface area (TPSA) is 39.1 Å². The SMILES string of the molecule is CC(=O)c1cn(C(C)=O)c2cccc(Cl)c12. The van der Waals surface area contributed by atoms with Crippen molar-refractivity contribution in [3.8, 4) is 0 Å². The van der Waals surface area contributed by atoms with E-state index in [1.807, 2.05) is 0 Å². The number of hydrogen-bond acceptors (Lipinski definition) is 2. The van der Waals surface area contributed by atoms with Crippen LogP contribution in [0.5, 0.6) is 0 Å². The Bertz CT molecular complexity index is 598. The molecule has 0 bridgehead atoms. The first-order valence-corrected chi connectivity index (χ1v) is 5.21. The Morgan fingerprint density at radius 3 is 2.50 bits per heavy atom. The van der Waals surface area contributed by atoms with Crippen molar-refractivity contribution in [2.45, 2.75) is 13.8 Å². The van der Waals surface area contributed by atoms with Gasteiger partial charge in [-0.15, -0.1) is 0 Å². The highest BCUT2D eigenvalue weighted by atomic mass is 35.5. The Morgan fingerprint density at radius 2 is 1.94 bits per heavy atom. The molecule has 0 spiro atoms. The van der Waals surface area contributed by atoms with Gasteiger partial charge in [-0.25, -0.2) is 0 Å². The van der Waals surface area contributed by atoms with Gasteiger partial charge in [0.15, 0.2) is 5.78 Å². The zero-order valence-electron chi connectivity index (χ0n) is 8.95. The molecular weight excluding hydrogens is 226 g/mol. The molecule has 1 heterocycles. The molecule has 2 rings (SSSR count). The first-order valence-electron chi connectivity index (χ1n) is 4.84. The maximum Gasteiger partial charge on any atom is 0.227 e. The van der Waals surface area contributed by atoms with Gasteiger partial charge >= 0.3 is 0 Å². The number of rotatable bonds is 1. The van der Waals surface area contributed by atoms with E-state index in [0.29, 0.717) is 21.5 Å². The fourth-order valence-electron chi connectivity index (χ4n) is 1.77. The minimum Gasteiger partial charge on any atom is -0.294 e. The van der Waals surface area contributed by atoms with E-state index >= 15 is 0 Å². The summed E-state index contributed by atoms with van der Waals surface area (Å²) < 4.78 is 1.44. The monoisotopic (exact) mass is 235 g/mol. The van der Waals surface area contributed by atoms with E-state index < -0.39 is 0 Å². The summed E-state index contributed by atoms with van der Waals surface area (Å²) in [5.41, 5.74) is 1.15. The van der Waals surface area contributed by atoms with Crippen LogP contribution in [0.2, 0.25) is 5.02 Å². The van der Waals surface area contributed by atoms with Crippen molar-refractivity contribution >= 4 is 34.2 Å². The Labute approximate surface area is 97.6 Å². The van der Waals surface area contributed by atoms with E-state index in [0.717, 1.165) is 0 Å². The smallest absolute Gasteiger partial charge is 0.227 e. The fraction of sp³-hybridized carbons (Fsp3) is 0.167. The zero-order valence-corrected chi connectivity index (χ0v) is 9.71. The van der Waals surface area contributed by atoms with E-state index in [4.69, 9.17) is 11.6 Å². The highest BCUT2D eigenvalue weighted by Crippen LogP contribution is 2.28. The summed E-state index contributed by atoms with van der Waals surface area (Å²) in [5.74, 6) is -0.238. The zero-order chi connectivity index (χ0) is 11.9. The molecule has 0 aliphatic carbocycles. The Kier molecular flexibility index (Phi) is 2.56. The number of ketones is 1. The lowest BCUT2D eigenvalue weighted by Crippen LogP contribution is -2.03. The summed E-state index contributed by atoms with van der Waals surface area (Å²) >= 11 is 6.05. The van der Waals surface area contributed by atoms with Crippen molar-refractivity contribution in [2.75, 3.05) is 0 Å². The number of carbonyl (C=O) groups excluding carboxylic acids is 2. The molecule has 0 unspecified atom stereocenters. The van der Waals surface area contributed by atoms with Crippen molar-refractivity contribution in [1.29, 1.82) is 0 Å². The molecule has 1 aromatic carbocycles. The lowest BCUT2D eigenvalue weighted by Gasteiger charge is -1.99. The van der Waals surface area contributed by atoms with Crippen LogP contribution in [-0.4, -0.2) is 16.3 Å². The Hall–Kier alpha value is -1.61. The maximum absolute atomic E-state index is 11.5. The van der Waals surface area contributed by atoms with E-state index in [1.54, 1.807) is 24.4 Å². The number of hydrogen-bond donors (Lipinski definition) is 0. The van der Waals surface area contributed by atoms with E-state index in [-0.39, 0.29) is 11.7 Å². The van der Waals surface area contributed by atoms with Gasteiger partial charge in [-0.3, -0.25) is 14.2 Å². The van der Waals surface area contributed by atoms with E-state index in [2.05, 4.69) is 0 Å². The molecule has 0 N–H and O–H groups in total. The molecule has 82 valence electrons. The van der Waals surface area contributed by atoms with Crippen LogP contribution in [0, 0.1) is 0 Å². The minimum absolute atomic E-state index is 0.0990. The number of halogens is 1. The van der Waals surface area contributed by atoms with Gasteiger partial charge in [-0.1, -0.05) is 17.7 Å². The highest BCUT2D eigenvalue weighted by Gasteiger charge is 2.15. The van der Waals surface area contributed by atoms with E-state index in [1.165, 1.54) is 18.4 Å². The van der Waals surface area contributed by atoms with Crippen molar-refractivity contribution < 1.29 is 9.59 Å². The van der Waals surface area contributed by atoms with E-state index in [9.17, 15) is 9.59 Å². The normalized spacial score (nSPS) is 10.7. The maximum atomic E-state index is 11.5. The van der Waals surface area contributed by atoms with Crippen LogP contribution in [0.4, 0.5) is 0 Å². The quantitative estimate of drug-likeness (QED) is 0.713.